The molecule has 0 aliphatic heterocycles. The normalized spacial score (nSPS) is 12.2. The van der Waals surface area contributed by atoms with Gasteiger partial charge in [-0.2, -0.15) is 0 Å². The van der Waals surface area contributed by atoms with Gasteiger partial charge in [-0.3, -0.25) is 13.9 Å². The fourth-order valence-electron chi connectivity index (χ4n) is 3.66. The van der Waals surface area contributed by atoms with Gasteiger partial charge >= 0.3 is 0 Å². The standard InChI is InChI=1S/C25H35N3O4S/c1-19-13-14-23(18-20(19)2)28(33(5,31)32)16-9-12-24(29)27(21(3)25(30)26-4)17-15-22-10-7-6-8-11-22/h6-8,10-11,13-14,18,21H,9,12,15-17H2,1-5H3,(H,26,30)/t21-/m0/s1. The summed E-state index contributed by atoms with van der Waals surface area (Å²) in [4.78, 5) is 26.9. The van der Waals surface area contributed by atoms with Gasteiger partial charge in [0.05, 0.1) is 11.9 Å². The number of amides is 2. The first-order valence-electron chi connectivity index (χ1n) is 11.1. The first kappa shape index (κ1) is 26.4. The van der Waals surface area contributed by atoms with Crippen molar-refractivity contribution in [2.45, 2.75) is 46.1 Å². The molecule has 2 aromatic rings. The molecule has 0 saturated heterocycles. The number of nitrogens with one attached hydrogen (secondary N) is 1. The molecule has 180 valence electrons. The SMILES string of the molecule is CNC(=O)[C@H](C)N(CCc1ccccc1)C(=O)CCCN(c1ccc(C)c(C)c1)S(C)(=O)=O. The van der Waals surface area contributed by atoms with Crippen LogP contribution in [0.3, 0.4) is 0 Å². The van der Waals surface area contributed by atoms with Crippen molar-refractivity contribution in [1.29, 1.82) is 0 Å². The van der Waals surface area contributed by atoms with Gasteiger partial charge in [0.2, 0.25) is 21.8 Å². The molecule has 1 atom stereocenters. The summed E-state index contributed by atoms with van der Waals surface area (Å²) in [7, 11) is -1.95. The molecule has 0 unspecified atom stereocenters. The maximum absolute atomic E-state index is 13.1. The van der Waals surface area contributed by atoms with Crippen LogP contribution in [0.2, 0.25) is 0 Å². The lowest BCUT2D eigenvalue weighted by Gasteiger charge is -2.29. The summed E-state index contributed by atoms with van der Waals surface area (Å²) in [6, 6.07) is 14.7. The molecule has 0 aliphatic rings. The highest BCUT2D eigenvalue weighted by molar-refractivity contribution is 7.92. The second kappa shape index (κ2) is 11.8. The lowest BCUT2D eigenvalue weighted by atomic mass is 10.1. The summed E-state index contributed by atoms with van der Waals surface area (Å²) in [5, 5.41) is 2.60. The third-order valence-corrected chi connectivity index (χ3v) is 7.02. The van der Waals surface area contributed by atoms with Crippen LogP contribution in [0.1, 0.15) is 36.5 Å². The summed E-state index contributed by atoms with van der Waals surface area (Å²) in [5.74, 6) is -0.403. The van der Waals surface area contributed by atoms with Gasteiger partial charge in [0.25, 0.3) is 0 Å². The van der Waals surface area contributed by atoms with Crippen LogP contribution in [0.5, 0.6) is 0 Å². The van der Waals surface area contributed by atoms with Crippen LogP contribution in [0.25, 0.3) is 0 Å². The van der Waals surface area contributed by atoms with Gasteiger partial charge in [0.15, 0.2) is 0 Å². The molecule has 0 bridgehead atoms. The van der Waals surface area contributed by atoms with Crippen molar-refractivity contribution in [1.82, 2.24) is 10.2 Å². The van der Waals surface area contributed by atoms with E-state index in [0.29, 0.717) is 25.1 Å². The summed E-state index contributed by atoms with van der Waals surface area (Å²) >= 11 is 0. The second-order valence-electron chi connectivity index (χ2n) is 8.32. The van der Waals surface area contributed by atoms with E-state index in [4.69, 9.17) is 0 Å². The van der Waals surface area contributed by atoms with Crippen molar-refractivity contribution in [3.63, 3.8) is 0 Å². The van der Waals surface area contributed by atoms with E-state index in [9.17, 15) is 18.0 Å². The van der Waals surface area contributed by atoms with E-state index in [1.807, 2.05) is 56.3 Å². The summed E-state index contributed by atoms with van der Waals surface area (Å²) in [6.45, 7) is 6.21. The molecule has 0 heterocycles. The molecule has 8 heteroatoms. The molecule has 0 aliphatic carbocycles. The molecular weight excluding hydrogens is 438 g/mol. The van der Waals surface area contributed by atoms with Crippen LogP contribution in [0, 0.1) is 13.8 Å². The Morgan fingerprint density at radius 1 is 1.00 bits per heavy atom. The molecule has 0 aromatic heterocycles. The quantitative estimate of drug-likeness (QED) is 0.543. The predicted molar refractivity (Wildman–Crippen MR) is 133 cm³/mol. The lowest BCUT2D eigenvalue weighted by molar-refractivity contribution is -0.139. The Labute approximate surface area is 197 Å². The van der Waals surface area contributed by atoms with Crippen LogP contribution in [0.4, 0.5) is 5.69 Å². The minimum atomic E-state index is -3.50. The maximum Gasteiger partial charge on any atom is 0.242 e. The lowest BCUT2D eigenvalue weighted by Crippen LogP contribution is -2.48. The molecule has 33 heavy (non-hydrogen) atoms. The first-order chi connectivity index (χ1) is 15.5. The fraction of sp³-hybridized carbons (Fsp3) is 0.440. The number of benzene rings is 2. The molecule has 7 nitrogen and oxygen atoms in total. The van der Waals surface area contributed by atoms with Crippen molar-refractivity contribution in [3.05, 3.63) is 65.2 Å². The zero-order chi connectivity index (χ0) is 24.6. The van der Waals surface area contributed by atoms with Crippen molar-refractivity contribution < 1.29 is 18.0 Å². The van der Waals surface area contributed by atoms with Gasteiger partial charge in [-0.25, -0.2) is 8.42 Å². The Hall–Kier alpha value is -2.87. The number of carbonyl (C=O) groups is 2. The highest BCUT2D eigenvalue weighted by atomic mass is 32.2. The Bertz CT molecular complexity index is 1050. The largest absolute Gasteiger partial charge is 0.357 e. The van der Waals surface area contributed by atoms with E-state index < -0.39 is 16.1 Å². The molecule has 2 amide bonds. The van der Waals surface area contributed by atoms with Crippen molar-refractivity contribution in [3.8, 4) is 0 Å². The van der Waals surface area contributed by atoms with Gasteiger partial charge in [-0.15, -0.1) is 0 Å². The maximum atomic E-state index is 13.1. The van der Waals surface area contributed by atoms with Crippen LogP contribution < -0.4 is 9.62 Å². The van der Waals surface area contributed by atoms with Crippen molar-refractivity contribution in [2.24, 2.45) is 0 Å². The number of sulfonamides is 1. The van der Waals surface area contributed by atoms with Crippen LogP contribution in [0.15, 0.2) is 48.5 Å². The molecular formula is C25H35N3O4S. The molecule has 2 rings (SSSR count). The summed E-state index contributed by atoms with van der Waals surface area (Å²) < 4.78 is 26.2. The third-order valence-electron chi connectivity index (χ3n) is 5.83. The van der Waals surface area contributed by atoms with E-state index >= 15 is 0 Å². The average molecular weight is 474 g/mol. The van der Waals surface area contributed by atoms with Crippen LogP contribution in [-0.2, 0) is 26.0 Å². The minimum absolute atomic E-state index is 0.146. The number of rotatable bonds is 11. The number of aryl methyl sites for hydroxylation is 2. The molecule has 2 aromatic carbocycles. The number of hydrogen-bond donors (Lipinski definition) is 1. The molecule has 1 N–H and O–H groups in total. The third kappa shape index (κ3) is 7.60. The Morgan fingerprint density at radius 3 is 2.24 bits per heavy atom. The molecule has 0 fully saturated rings. The highest BCUT2D eigenvalue weighted by Gasteiger charge is 2.25. The van der Waals surface area contributed by atoms with E-state index in [-0.39, 0.29) is 24.8 Å². The Morgan fingerprint density at radius 2 is 1.67 bits per heavy atom. The van der Waals surface area contributed by atoms with Gasteiger partial charge in [0, 0.05) is 26.6 Å². The van der Waals surface area contributed by atoms with E-state index in [1.54, 1.807) is 24.9 Å². The Balaban J connectivity index is 2.09. The highest BCUT2D eigenvalue weighted by Crippen LogP contribution is 2.22. The second-order valence-corrected chi connectivity index (χ2v) is 10.2. The minimum Gasteiger partial charge on any atom is -0.357 e. The number of carbonyl (C=O) groups excluding carboxylic acids is 2. The number of hydrogen-bond acceptors (Lipinski definition) is 4. The van der Waals surface area contributed by atoms with Crippen LogP contribution >= 0.6 is 0 Å². The molecule has 0 radical (unpaired) electrons. The smallest absolute Gasteiger partial charge is 0.242 e. The first-order valence-corrected chi connectivity index (χ1v) is 13.0. The number of anilines is 1. The summed E-state index contributed by atoms with van der Waals surface area (Å²) in [6.07, 6.45) is 2.30. The topological polar surface area (TPSA) is 86.8 Å². The predicted octanol–water partition coefficient (Wildman–Crippen LogP) is 3.06. The number of likely N-dealkylation sites (N-methyl/N-ethyl adjacent to an activating group) is 1. The average Bonchev–Trinajstić information content (AvgIpc) is 2.78. The van der Waals surface area contributed by atoms with Gasteiger partial charge in [-0.1, -0.05) is 36.4 Å². The van der Waals surface area contributed by atoms with Crippen LogP contribution in [-0.4, -0.2) is 57.6 Å². The van der Waals surface area contributed by atoms with Crippen molar-refractivity contribution in [2.75, 3.05) is 30.7 Å². The van der Waals surface area contributed by atoms with E-state index in [0.717, 1.165) is 16.7 Å². The van der Waals surface area contributed by atoms with E-state index in [2.05, 4.69) is 5.32 Å². The summed E-state index contributed by atoms with van der Waals surface area (Å²) in [5.41, 5.74) is 3.76. The molecule has 0 spiro atoms. The van der Waals surface area contributed by atoms with Gasteiger partial charge in [0.1, 0.15) is 6.04 Å². The number of nitrogens with zero attached hydrogens (tertiary/aromatic N) is 2. The molecule has 0 saturated carbocycles. The van der Waals surface area contributed by atoms with E-state index in [1.165, 1.54) is 10.6 Å². The Kier molecular flexibility index (Phi) is 9.46. The zero-order valence-corrected chi connectivity index (χ0v) is 21.0. The fourth-order valence-corrected chi connectivity index (χ4v) is 4.62. The van der Waals surface area contributed by atoms with Gasteiger partial charge in [-0.05, 0) is 62.4 Å². The zero-order valence-electron chi connectivity index (χ0n) is 20.2. The van der Waals surface area contributed by atoms with Gasteiger partial charge < -0.3 is 10.2 Å². The monoisotopic (exact) mass is 473 g/mol. The van der Waals surface area contributed by atoms with Crippen molar-refractivity contribution >= 4 is 27.5 Å².